The number of nitro groups is 1. The number of anilines is 1. The van der Waals surface area contributed by atoms with E-state index < -0.39 is 20.6 Å². The molecular weight excluding hydrogens is 294 g/mol. The minimum Gasteiger partial charge on any atom is -0.393 e. The van der Waals surface area contributed by atoms with Crippen LogP contribution in [-0.4, -0.2) is 31.2 Å². The largest absolute Gasteiger partial charge is 0.393 e. The molecule has 0 amide bonds. The number of rotatable bonds is 6. The predicted molar refractivity (Wildman–Crippen MR) is 81.5 cm³/mol. The van der Waals surface area contributed by atoms with Gasteiger partial charge in [-0.15, -0.1) is 0 Å². The molecule has 0 aliphatic heterocycles. The van der Waals surface area contributed by atoms with Crippen molar-refractivity contribution in [3.05, 3.63) is 27.8 Å². The summed E-state index contributed by atoms with van der Waals surface area (Å²) < 4.78 is 26.3. The summed E-state index contributed by atoms with van der Waals surface area (Å²) in [4.78, 5) is 10.2. The Labute approximate surface area is 124 Å². The fourth-order valence-corrected chi connectivity index (χ4v) is 3.48. The van der Waals surface area contributed by atoms with Crippen molar-refractivity contribution in [3.8, 4) is 0 Å². The average molecular weight is 315 g/mol. The zero-order chi connectivity index (χ0) is 16.4. The molecule has 0 aromatic heterocycles. The highest BCUT2D eigenvalue weighted by Gasteiger charge is 2.27. The van der Waals surface area contributed by atoms with Crippen LogP contribution in [0.4, 0.5) is 11.4 Å². The first-order valence-corrected chi connectivity index (χ1v) is 8.06. The van der Waals surface area contributed by atoms with Crippen molar-refractivity contribution in [1.29, 1.82) is 0 Å². The first-order valence-electron chi connectivity index (χ1n) is 6.62. The minimum absolute atomic E-state index is 0.0407. The van der Waals surface area contributed by atoms with Gasteiger partial charge in [-0.2, -0.15) is 0 Å². The van der Waals surface area contributed by atoms with Crippen LogP contribution in [0.5, 0.6) is 0 Å². The Morgan fingerprint density at radius 2 is 2.00 bits per heavy atom. The minimum atomic E-state index is -3.77. The van der Waals surface area contributed by atoms with Crippen LogP contribution >= 0.6 is 0 Å². The van der Waals surface area contributed by atoms with Crippen LogP contribution in [0.3, 0.4) is 0 Å². The van der Waals surface area contributed by atoms with E-state index in [-0.39, 0.29) is 16.5 Å². The molecule has 1 aromatic carbocycles. The number of nitrogen functional groups attached to an aromatic ring is 1. The molecule has 0 heterocycles. The number of nitrogens with zero attached hydrogens (tertiary/aromatic N) is 2. The molecule has 0 saturated carbocycles. The molecule has 0 aliphatic carbocycles. The van der Waals surface area contributed by atoms with Crippen molar-refractivity contribution in [2.24, 2.45) is 5.92 Å². The molecule has 0 fully saturated rings. The maximum atomic E-state index is 12.6. The quantitative estimate of drug-likeness (QED) is 0.492. The van der Waals surface area contributed by atoms with Gasteiger partial charge in [0.1, 0.15) is 5.69 Å². The summed E-state index contributed by atoms with van der Waals surface area (Å²) >= 11 is 0. The van der Waals surface area contributed by atoms with Crippen LogP contribution in [-0.2, 0) is 10.0 Å². The summed E-state index contributed by atoms with van der Waals surface area (Å²) in [6.45, 7) is 5.86. The van der Waals surface area contributed by atoms with E-state index in [9.17, 15) is 18.5 Å². The predicted octanol–water partition coefficient (Wildman–Crippen LogP) is 2.15. The van der Waals surface area contributed by atoms with Crippen molar-refractivity contribution in [3.63, 3.8) is 0 Å². The third kappa shape index (κ3) is 3.70. The van der Waals surface area contributed by atoms with Crippen molar-refractivity contribution in [1.82, 2.24) is 4.31 Å². The van der Waals surface area contributed by atoms with Gasteiger partial charge in [-0.25, -0.2) is 12.7 Å². The summed E-state index contributed by atoms with van der Waals surface area (Å²) in [5.74, 6) is 0.203. The molecule has 1 unspecified atom stereocenters. The Morgan fingerprint density at radius 3 is 2.48 bits per heavy atom. The molecule has 0 saturated heterocycles. The first kappa shape index (κ1) is 17.4. The number of sulfonamides is 1. The van der Waals surface area contributed by atoms with Gasteiger partial charge in [0.05, 0.1) is 9.82 Å². The molecule has 1 atom stereocenters. The van der Waals surface area contributed by atoms with Crippen molar-refractivity contribution in [2.45, 2.75) is 32.1 Å². The van der Waals surface area contributed by atoms with Gasteiger partial charge in [0.15, 0.2) is 0 Å². The van der Waals surface area contributed by atoms with Gasteiger partial charge in [-0.3, -0.25) is 10.1 Å². The Morgan fingerprint density at radius 1 is 1.43 bits per heavy atom. The second kappa shape index (κ2) is 6.40. The van der Waals surface area contributed by atoms with E-state index in [2.05, 4.69) is 0 Å². The number of hydrogen-bond donors (Lipinski definition) is 1. The Hall–Kier alpha value is -1.67. The number of aryl methyl sites for hydroxylation is 1. The number of benzene rings is 1. The highest BCUT2D eigenvalue weighted by atomic mass is 32.2. The summed E-state index contributed by atoms with van der Waals surface area (Å²) in [5, 5.41) is 10.9. The molecule has 0 radical (unpaired) electrons. The normalized spacial score (nSPS) is 13.4. The molecule has 8 heteroatoms. The van der Waals surface area contributed by atoms with Gasteiger partial charge in [0, 0.05) is 19.7 Å². The number of nitro benzene ring substituents is 1. The summed E-state index contributed by atoms with van der Waals surface area (Å²) in [6.07, 6.45) is 0.848. The van der Waals surface area contributed by atoms with Gasteiger partial charge < -0.3 is 5.73 Å². The SMILES string of the molecule is CCC(C)CN(C)S(=O)(=O)c1cc([N+](=O)[O-])c(N)cc1C. The lowest BCUT2D eigenvalue weighted by Crippen LogP contribution is -2.31. The molecule has 7 nitrogen and oxygen atoms in total. The summed E-state index contributed by atoms with van der Waals surface area (Å²) in [7, 11) is -2.30. The fraction of sp³-hybridized carbons (Fsp3) is 0.538. The van der Waals surface area contributed by atoms with E-state index in [0.29, 0.717) is 12.1 Å². The van der Waals surface area contributed by atoms with Crippen LogP contribution in [0.15, 0.2) is 17.0 Å². The lowest BCUT2D eigenvalue weighted by atomic mass is 10.1. The molecule has 0 bridgehead atoms. The highest BCUT2D eigenvalue weighted by molar-refractivity contribution is 7.89. The van der Waals surface area contributed by atoms with Gasteiger partial charge in [-0.1, -0.05) is 20.3 Å². The third-order valence-corrected chi connectivity index (χ3v) is 5.44. The maximum absolute atomic E-state index is 12.6. The molecule has 1 rings (SSSR count). The van der Waals surface area contributed by atoms with Gasteiger partial charge in [-0.05, 0) is 24.5 Å². The smallest absolute Gasteiger partial charge is 0.293 e. The van der Waals surface area contributed by atoms with E-state index in [1.165, 1.54) is 17.4 Å². The Balaban J connectivity index is 3.31. The van der Waals surface area contributed by atoms with Crippen LogP contribution in [0.2, 0.25) is 0 Å². The van der Waals surface area contributed by atoms with Crippen molar-refractivity contribution >= 4 is 21.4 Å². The molecule has 118 valence electrons. The third-order valence-electron chi connectivity index (χ3n) is 3.47. The van der Waals surface area contributed by atoms with Crippen LogP contribution < -0.4 is 5.73 Å². The second-order valence-electron chi connectivity index (χ2n) is 5.23. The highest BCUT2D eigenvalue weighted by Crippen LogP contribution is 2.30. The topological polar surface area (TPSA) is 107 Å². The summed E-state index contributed by atoms with van der Waals surface area (Å²) in [6, 6.07) is 2.36. The van der Waals surface area contributed by atoms with Crippen LogP contribution in [0.25, 0.3) is 0 Å². The zero-order valence-electron chi connectivity index (χ0n) is 12.7. The van der Waals surface area contributed by atoms with Crippen molar-refractivity contribution in [2.75, 3.05) is 19.3 Å². The van der Waals surface area contributed by atoms with Crippen LogP contribution in [0, 0.1) is 23.0 Å². The molecule has 0 aliphatic rings. The number of hydrogen-bond acceptors (Lipinski definition) is 5. The van der Waals surface area contributed by atoms with E-state index in [0.717, 1.165) is 12.5 Å². The van der Waals surface area contributed by atoms with Crippen LogP contribution in [0.1, 0.15) is 25.8 Å². The monoisotopic (exact) mass is 315 g/mol. The first-order chi connectivity index (χ1) is 9.61. The van der Waals surface area contributed by atoms with E-state index >= 15 is 0 Å². The molecule has 1 aromatic rings. The lowest BCUT2D eigenvalue weighted by Gasteiger charge is -2.21. The standard InChI is InChI=1S/C13H21N3O4S/c1-5-9(2)8-15(4)21(19,20)13-7-12(16(17)18)11(14)6-10(13)3/h6-7,9H,5,8,14H2,1-4H3. The maximum Gasteiger partial charge on any atom is 0.293 e. The van der Waals surface area contributed by atoms with Gasteiger partial charge >= 0.3 is 0 Å². The molecule has 21 heavy (non-hydrogen) atoms. The van der Waals surface area contributed by atoms with E-state index in [1.54, 1.807) is 6.92 Å². The molecular formula is C13H21N3O4S. The average Bonchev–Trinajstić information content (AvgIpc) is 2.37. The lowest BCUT2D eigenvalue weighted by molar-refractivity contribution is -0.384. The van der Waals surface area contributed by atoms with E-state index in [1.807, 2.05) is 13.8 Å². The Kier molecular flexibility index (Phi) is 5.30. The molecule has 2 N–H and O–H groups in total. The Bertz CT molecular complexity index is 643. The fourth-order valence-electron chi connectivity index (χ4n) is 1.97. The van der Waals surface area contributed by atoms with E-state index in [4.69, 9.17) is 5.73 Å². The van der Waals surface area contributed by atoms with Gasteiger partial charge in [0.25, 0.3) is 5.69 Å². The molecule has 0 spiro atoms. The van der Waals surface area contributed by atoms with Crippen molar-refractivity contribution < 1.29 is 13.3 Å². The summed E-state index contributed by atoms with van der Waals surface area (Å²) in [5.41, 5.74) is 5.53. The zero-order valence-corrected chi connectivity index (χ0v) is 13.5. The van der Waals surface area contributed by atoms with Gasteiger partial charge in [0.2, 0.25) is 10.0 Å². The second-order valence-corrected chi connectivity index (χ2v) is 7.25. The number of nitrogens with two attached hydrogens (primary N) is 1.